The third-order valence-corrected chi connectivity index (χ3v) is 3.24. The minimum Gasteiger partial charge on any atom is -0.347 e. The van der Waals surface area contributed by atoms with Crippen LogP contribution in [-0.4, -0.2) is 24.5 Å². The highest BCUT2D eigenvalue weighted by Crippen LogP contribution is 2.18. The number of nitrogens with one attached hydrogen (secondary N) is 2. The summed E-state index contributed by atoms with van der Waals surface area (Å²) >= 11 is 0. The van der Waals surface area contributed by atoms with Crippen LogP contribution >= 0.6 is 0 Å². The number of halogens is 1. The molecule has 4 heteroatoms. The summed E-state index contributed by atoms with van der Waals surface area (Å²) in [5.74, 6) is -0.796. The summed E-state index contributed by atoms with van der Waals surface area (Å²) < 4.78 is 13.4. The highest BCUT2D eigenvalue weighted by molar-refractivity contribution is 5.94. The Morgan fingerprint density at radius 2 is 2.00 bits per heavy atom. The molecule has 0 atom stereocenters. The number of hydrogen-bond acceptors (Lipinski definition) is 2. The Balaban J connectivity index is 2.09. The zero-order chi connectivity index (χ0) is 12.3. The van der Waals surface area contributed by atoms with Gasteiger partial charge in [0, 0.05) is 5.54 Å². The van der Waals surface area contributed by atoms with E-state index in [9.17, 15) is 9.18 Å². The van der Waals surface area contributed by atoms with E-state index in [1.165, 1.54) is 12.1 Å². The molecular weight excluding hydrogens is 219 g/mol. The van der Waals surface area contributed by atoms with E-state index in [0.29, 0.717) is 0 Å². The maximum atomic E-state index is 13.4. The first-order valence-corrected chi connectivity index (χ1v) is 5.88. The van der Waals surface area contributed by atoms with Gasteiger partial charge >= 0.3 is 0 Å². The molecular formula is C13H17FN2O. The van der Waals surface area contributed by atoms with Gasteiger partial charge in [0.25, 0.3) is 5.91 Å². The molecule has 1 aromatic carbocycles. The molecule has 2 rings (SSSR count). The van der Waals surface area contributed by atoms with E-state index in [0.717, 1.165) is 25.9 Å². The largest absolute Gasteiger partial charge is 0.347 e. The minimum absolute atomic E-state index is 0.118. The lowest BCUT2D eigenvalue weighted by atomic mass is 9.90. The predicted octanol–water partition coefficient (Wildman–Crippen LogP) is 1.70. The highest BCUT2D eigenvalue weighted by atomic mass is 19.1. The highest BCUT2D eigenvalue weighted by Gasteiger charge is 2.29. The topological polar surface area (TPSA) is 41.1 Å². The molecule has 1 aromatic rings. The third-order valence-electron chi connectivity index (χ3n) is 3.24. The SMILES string of the molecule is CC1(NC(=O)c2ccccc2F)CCNCC1. The van der Waals surface area contributed by atoms with Crippen LogP contribution in [0.4, 0.5) is 4.39 Å². The first-order valence-electron chi connectivity index (χ1n) is 5.88. The standard InChI is InChI=1S/C13H17FN2O/c1-13(6-8-15-9-7-13)16-12(17)10-4-2-3-5-11(10)14/h2-5,15H,6-9H2,1H3,(H,16,17). The van der Waals surface area contributed by atoms with Crippen LogP contribution in [0.3, 0.4) is 0 Å². The van der Waals surface area contributed by atoms with Crippen molar-refractivity contribution in [1.82, 2.24) is 10.6 Å². The number of piperidine rings is 1. The molecule has 1 heterocycles. The summed E-state index contributed by atoms with van der Waals surface area (Å²) in [5, 5.41) is 6.17. The van der Waals surface area contributed by atoms with Crippen molar-refractivity contribution in [1.29, 1.82) is 0 Å². The minimum atomic E-state index is -0.470. The molecule has 1 aliphatic heterocycles. The van der Waals surface area contributed by atoms with Gasteiger partial charge in [0.2, 0.25) is 0 Å². The molecule has 1 amide bonds. The van der Waals surface area contributed by atoms with Crippen molar-refractivity contribution in [2.75, 3.05) is 13.1 Å². The number of carbonyl (C=O) groups excluding carboxylic acids is 1. The van der Waals surface area contributed by atoms with Crippen molar-refractivity contribution in [2.45, 2.75) is 25.3 Å². The van der Waals surface area contributed by atoms with Crippen LogP contribution < -0.4 is 10.6 Å². The molecule has 0 radical (unpaired) electrons. The van der Waals surface area contributed by atoms with Gasteiger partial charge in [-0.1, -0.05) is 12.1 Å². The fourth-order valence-corrected chi connectivity index (χ4v) is 2.09. The number of amides is 1. The number of benzene rings is 1. The zero-order valence-corrected chi connectivity index (χ0v) is 9.92. The van der Waals surface area contributed by atoms with Crippen LogP contribution in [-0.2, 0) is 0 Å². The van der Waals surface area contributed by atoms with Crippen molar-refractivity contribution in [2.24, 2.45) is 0 Å². The van der Waals surface area contributed by atoms with Crippen molar-refractivity contribution in [3.05, 3.63) is 35.6 Å². The summed E-state index contributed by atoms with van der Waals surface area (Å²) in [7, 11) is 0. The fourth-order valence-electron chi connectivity index (χ4n) is 2.09. The summed E-state index contributed by atoms with van der Waals surface area (Å²) in [5.41, 5.74) is -0.114. The molecule has 0 aromatic heterocycles. The van der Waals surface area contributed by atoms with Gasteiger partial charge in [-0.2, -0.15) is 0 Å². The van der Waals surface area contributed by atoms with E-state index in [1.807, 2.05) is 6.92 Å². The van der Waals surface area contributed by atoms with Crippen LogP contribution in [0.25, 0.3) is 0 Å². The zero-order valence-electron chi connectivity index (χ0n) is 9.92. The second-order valence-electron chi connectivity index (χ2n) is 4.74. The van der Waals surface area contributed by atoms with Crippen molar-refractivity contribution in [3.8, 4) is 0 Å². The van der Waals surface area contributed by atoms with Crippen molar-refractivity contribution < 1.29 is 9.18 Å². The second kappa shape index (κ2) is 4.84. The summed E-state index contributed by atoms with van der Waals surface area (Å²) in [6, 6.07) is 6.07. The Morgan fingerprint density at radius 3 is 2.65 bits per heavy atom. The molecule has 0 unspecified atom stereocenters. The molecule has 1 fully saturated rings. The Hall–Kier alpha value is -1.42. The van der Waals surface area contributed by atoms with Crippen LogP contribution in [0.5, 0.6) is 0 Å². The number of carbonyl (C=O) groups is 1. The monoisotopic (exact) mass is 236 g/mol. The van der Waals surface area contributed by atoms with Crippen LogP contribution in [0, 0.1) is 5.82 Å². The van der Waals surface area contributed by atoms with Gasteiger partial charge in [0.05, 0.1) is 5.56 Å². The quantitative estimate of drug-likeness (QED) is 0.820. The summed E-state index contributed by atoms with van der Waals surface area (Å²) in [4.78, 5) is 12.0. The van der Waals surface area contributed by atoms with Gasteiger partial charge in [-0.3, -0.25) is 4.79 Å². The van der Waals surface area contributed by atoms with Gasteiger partial charge in [-0.05, 0) is 45.0 Å². The molecule has 3 nitrogen and oxygen atoms in total. The van der Waals surface area contributed by atoms with Gasteiger partial charge in [0.15, 0.2) is 0 Å². The van der Waals surface area contributed by atoms with Gasteiger partial charge < -0.3 is 10.6 Å². The van der Waals surface area contributed by atoms with Crippen molar-refractivity contribution >= 4 is 5.91 Å². The fraction of sp³-hybridized carbons (Fsp3) is 0.462. The molecule has 92 valence electrons. The molecule has 0 bridgehead atoms. The Bertz CT molecular complexity index is 414. The first-order chi connectivity index (χ1) is 8.11. The second-order valence-corrected chi connectivity index (χ2v) is 4.74. The first kappa shape index (κ1) is 12.0. The summed E-state index contributed by atoms with van der Waals surface area (Å²) in [6.45, 7) is 3.77. The van der Waals surface area contributed by atoms with Crippen LogP contribution in [0.1, 0.15) is 30.1 Å². The molecule has 17 heavy (non-hydrogen) atoms. The molecule has 0 spiro atoms. The molecule has 1 aliphatic rings. The average molecular weight is 236 g/mol. The third kappa shape index (κ3) is 2.82. The number of rotatable bonds is 2. The van der Waals surface area contributed by atoms with Crippen LogP contribution in [0.2, 0.25) is 0 Å². The lowest BCUT2D eigenvalue weighted by Crippen LogP contribution is -2.52. The van der Waals surface area contributed by atoms with E-state index < -0.39 is 5.82 Å². The van der Waals surface area contributed by atoms with E-state index in [1.54, 1.807) is 12.1 Å². The van der Waals surface area contributed by atoms with E-state index in [4.69, 9.17) is 0 Å². The van der Waals surface area contributed by atoms with Gasteiger partial charge in [-0.15, -0.1) is 0 Å². The lowest BCUT2D eigenvalue weighted by molar-refractivity contribution is 0.0883. The van der Waals surface area contributed by atoms with E-state index in [2.05, 4.69) is 10.6 Å². The maximum absolute atomic E-state index is 13.4. The normalized spacial score (nSPS) is 18.7. The Kier molecular flexibility index (Phi) is 3.43. The Morgan fingerprint density at radius 1 is 1.35 bits per heavy atom. The molecule has 1 saturated heterocycles. The van der Waals surface area contributed by atoms with Gasteiger partial charge in [0.1, 0.15) is 5.82 Å². The lowest BCUT2D eigenvalue weighted by Gasteiger charge is -2.35. The average Bonchev–Trinajstić information content (AvgIpc) is 2.29. The smallest absolute Gasteiger partial charge is 0.254 e. The predicted molar refractivity (Wildman–Crippen MR) is 64.4 cm³/mol. The molecule has 2 N–H and O–H groups in total. The molecule has 0 aliphatic carbocycles. The van der Waals surface area contributed by atoms with Crippen LogP contribution in [0.15, 0.2) is 24.3 Å². The van der Waals surface area contributed by atoms with Crippen molar-refractivity contribution in [3.63, 3.8) is 0 Å². The Labute approximate surface area is 100 Å². The van der Waals surface area contributed by atoms with E-state index in [-0.39, 0.29) is 17.0 Å². The number of hydrogen-bond donors (Lipinski definition) is 2. The van der Waals surface area contributed by atoms with E-state index >= 15 is 0 Å². The van der Waals surface area contributed by atoms with Gasteiger partial charge in [-0.25, -0.2) is 4.39 Å². The molecule has 0 saturated carbocycles. The summed E-state index contributed by atoms with van der Waals surface area (Å²) in [6.07, 6.45) is 1.74. The maximum Gasteiger partial charge on any atom is 0.254 e.